The number of rotatable bonds is 7. The zero-order chi connectivity index (χ0) is 26.8. The topological polar surface area (TPSA) is 74.3 Å². The second kappa shape index (κ2) is 10.7. The Morgan fingerprint density at radius 2 is 1.72 bits per heavy atom. The van der Waals surface area contributed by atoms with E-state index in [9.17, 15) is 4.79 Å². The van der Waals surface area contributed by atoms with Gasteiger partial charge in [0.25, 0.3) is 5.56 Å². The number of aromatic nitrogens is 5. The molecule has 7 nitrogen and oxygen atoms in total. The van der Waals surface area contributed by atoms with Crippen LogP contribution in [0.5, 0.6) is 5.75 Å². The van der Waals surface area contributed by atoms with Gasteiger partial charge >= 0.3 is 0 Å². The van der Waals surface area contributed by atoms with Crippen molar-refractivity contribution >= 4 is 46.1 Å². The zero-order valence-electron chi connectivity index (χ0n) is 20.9. The van der Waals surface area contributed by atoms with E-state index in [0.717, 1.165) is 33.8 Å². The van der Waals surface area contributed by atoms with Gasteiger partial charge in [0, 0.05) is 22.3 Å². The van der Waals surface area contributed by atoms with Crippen LogP contribution in [0.15, 0.2) is 89.9 Å². The first kappa shape index (κ1) is 24.8. The zero-order valence-corrected chi connectivity index (χ0v) is 22.4. The standard InChI is InChI=1S/C30H22ClN5O2S/c1-2-38-25-15-8-20(9-16-25)10-17-27-32-30-36(33-27)29(37)26(39-30)18-22-19-35(24-6-4-3-5-7-24)34-28(22)21-11-13-23(31)14-12-21/h3-19H,2H2,1H3/b17-10+,26-18-. The summed E-state index contributed by atoms with van der Waals surface area (Å²) in [5.74, 6) is 1.29. The third-order valence-corrected chi connectivity index (χ3v) is 7.19. The second-order valence-corrected chi connectivity index (χ2v) is 10.1. The first-order chi connectivity index (χ1) is 19.1. The van der Waals surface area contributed by atoms with E-state index in [1.807, 2.05) is 104 Å². The van der Waals surface area contributed by atoms with Crippen LogP contribution in [0, 0.1) is 0 Å². The molecule has 0 aliphatic rings. The van der Waals surface area contributed by atoms with E-state index in [0.29, 0.717) is 26.9 Å². The Bertz CT molecular complexity index is 1890. The monoisotopic (exact) mass is 551 g/mol. The van der Waals surface area contributed by atoms with E-state index in [1.165, 1.54) is 15.9 Å². The number of para-hydroxylation sites is 1. The maximum absolute atomic E-state index is 13.2. The molecule has 0 radical (unpaired) electrons. The Balaban J connectivity index is 1.35. The first-order valence-corrected chi connectivity index (χ1v) is 13.5. The van der Waals surface area contributed by atoms with Crippen LogP contribution in [-0.4, -0.2) is 31.0 Å². The summed E-state index contributed by atoms with van der Waals surface area (Å²) >= 11 is 7.40. The summed E-state index contributed by atoms with van der Waals surface area (Å²) in [7, 11) is 0. The third-order valence-electron chi connectivity index (χ3n) is 5.98. The van der Waals surface area contributed by atoms with Crippen LogP contribution in [0.25, 0.3) is 40.1 Å². The molecule has 6 aromatic rings. The molecule has 0 bridgehead atoms. The van der Waals surface area contributed by atoms with Crippen LogP contribution in [-0.2, 0) is 0 Å². The number of nitrogens with zero attached hydrogens (tertiary/aromatic N) is 5. The highest BCUT2D eigenvalue weighted by molar-refractivity contribution is 7.15. The molecule has 0 aliphatic heterocycles. The molecule has 6 rings (SSSR count). The highest BCUT2D eigenvalue weighted by Gasteiger charge is 2.14. The van der Waals surface area contributed by atoms with Crippen molar-refractivity contribution in [1.29, 1.82) is 0 Å². The summed E-state index contributed by atoms with van der Waals surface area (Å²) in [6, 6.07) is 25.1. The van der Waals surface area contributed by atoms with E-state index in [1.54, 1.807) is 10.8 Å². The van der Waals surface area contributed by atoms with Gasteiger partial charge in [-0.25, -0.2) is 4.68 Å². The lowest BCUT2D eigenvalue weighted by Gasteiger charge is -2.01. The molecule has 0 spiro atoms. The molecule has 0 atom stereocenters. The number of hydrogen-bond acceptors (Lipinski definition) is 6. The van der Waals surface area contributed by atoms with Gasteiger partial charge in [0.15, 0.2) is 5.82 Å². The van der Waals surface area contributed by atoms with Crippen molar-refractivity contribution in [3.63, 3.8) is 0 Å². The molecule has 39 heavy (non-hydrogen) atoms. The first-order valence-electron chi connectivity index (χ1n) is 12.3. The second-order valence-electron chi connectivity index (χ2n) is 8.64. The quantitative estimate of drug-likeness (QED) is 0.252. The molecule has 0 saturated heterocycles. The summed E-state index contributed by atoms with van der Waals surface area (Å²) < 4.78 is 9.16. The van der Waals surface area contributed by atoms with Crippen molar-refractivity contribution in [2.24, 2.45) is 0 Å². The largest absolute Gasteiger partial charge is 0.494 e. The normalized spacial score (nSPS) is 12.1. The number of benzene rings is 3. The van der Waals surface area contributed by atoms with Crippen LogP contribution in [0.4, 0.5) is 0 Å². The van der Waals surface area contributed by atoms with E-state index >= 15 is 0 Å². The van der Waals surface area contributed by atoms with Crippen LogP contribution in [0.1, 0.15) is 23.9 Å². The molecule has 0 saturated carbocycles. The van der Waals surface area contributed by atoms with Gasteiger partial charge in [0.1, 0.15) is 11.4 Å². The number of ether oxygens (including phenoxy) is 1. The van der Waals surface area contributed by atoms with Gasteiger partial charge in [0.05, 0.1) is 16.8 Å². The van der Waals surface area contributed by atoms with Gasteiger partial charge < -0.3 is 4.74 Å². The van der Waals surface area contributed by atoms with Crippen molar-refractivity contribution in [1.82, 2.24) is 24.4 Å². The molecule has 0 N–H and O–H groups in total. The van der Waals surface area contributed by atoms with Crippen molar-refractivity contribution in [3.8, 4) is 22.7 Å². The molecular formula is C30H22ClN5O2S. The van der Waals surface area contributed by atoms with Gasteiger partial charge in [-0.05, 0) is 61.0 Å². The molecular weight excluding hydrogens is 530 g/mol. The maximum atomic E-state index is 13.2. The summed E-state index contributed by atoms with van der Waals surface area (Å²) in [6.45, 7) is 2.58. The highest BCUT2D eigenvalue weighted by atomic mass is 35.5. The Hall–Kier alpha value is -4.53. The molecule has 0 aliphatic carbocycles. The lowest BCUT2D eigenvalue weighted by atomic mass is 10.1. The maximum Gasteiger partial charge on any atom is 0.291 e. The van der Waals surface area contributed by atoms with E-state index < -0.39 is 0 Å². The fourth-order valence-electron chi connectivity index (χ4n) is 4.11. The molecule has 192 valence electrons. The van der Waals surface area contributed by atoms with E-state index in [2.05, 4.69) is 10.1 Å². The third kappa shape index (κ3) is 5.25. The lowest BCUT2D eigenvalue weighted by molar-refractivity contribution is 0.340. The Labute approximate surface area is 232 Å². The van der Waals surface area contributed by atoms with Crippen molar-refractivity contribution in [2.75, 3.05) is 6.61 Å². The Morgan fingerprint density at radius 3 is 2.44 bits per heavy atom. The fourth-order valence-corrected chi connectivity index (χ4v) is 5.14. The molecule has 3 aromatic heterocycles. The summed E-state index contributed by atoms with van der Waals surface area (Å²) in [5.41, 5.74) is 4.12. The molecule has 0 amide bonds. The van der Waals surface area contributed by atoms with Gasteiger partial charge in [-0.1, -0.05) is 71.5 Å². The van der Waals surface area contributed by atoms with Crippen molar-refractivity contribution < 1.29 is 4.74 Å². The molecule has 3 heterocycles. The van der Waals surface area contributed by atoms with Crippen molar-refractivity contribution in [2.45, 2.75) is 6.92 Å². The van der Waals surface area contributed by atoms with Gasteiger partial charge in [-0.3, -0.25) is 4.79 Å². The minimum Gasteiger partial charge on any atom is -0.494 e. The van der Waals surface area contributed by atoms with Gasteiger partial charge in [-0.15, -0.1) is 5.10 Å². The number of halogens is 1. The summed E-state index contributed by atoms with van der Waals surface area (Å²) in [4.78, 5) is 18.3. The number of hydrogen-bond donors (Lipinski definition) is 0. The van der Waals surface area contributed by atoms with E-state index in [4.69, 9.17) is 21.4 Å². The predicted octanol–water partition coefficient (Wildman–Crippen LogP) is 5.77. The molecule has 0 fully saturated rings. The average Bonchev–Trinajstić information content (AvgIpc) is 3.64. The highest BCUT2D eigenvalue weighted by Crippen LogP contribution is 2.26. The predicted molar refractivity (Wildman–Crippen MR) is 156 cm³/mol. The van der Waals surface area contributed by atoms with Crippen LogP contribution in [0.2, 0.25) is 5.02 Å². The molecule has 9 heteroatoms. The number of fused-ring (bicyclic) bond motifs is 1. The van der Waals surface area contributed by atoms with Gasteiger partial charge in [-0.2, -0.15) is 14.6 Å². The van der Waals surface area contributed by atoms with Gasteiger partial charge in [0.2, 0.25) is 4.96 Å². The lowest BCUT2D eigenvalue weighted by Crippen LogP contribution is -2.23. The molecule has 0 unspecified atom stereocenters. The van der Waals surface area contributed by atoms with Crippen molar-refractivity contribution in [3.05, 3.63) is 122 Å². The summed E-state index contributed by atoms with van der Waals surface area (Å²) in [6.07, 6.45) is 7.46. The smallest absolute Gasteiger partial charge is 0.291 e. The number of thiazole rings is 1. The van der Waals surface area contributed by atoms with Crippen LogP contribution < -0.4 is 14.8 Å². The molecule has 3 aromatic carbocycles. The van der Waals surface area contributed by atoms with Crippen LogP contribution >= 0.6 is 22.9 Å². The summed E-state index contributed by atoms with van der Waals surface area (Å²) in [5, 5.41) is 9.88. The SMILES string of the molecule is CCOc1ccc(/C=C/c2nc3s/c(=C\c4cn(-c5ccccc5)nc4-c4ccc(Cl)cc4)c(=O)n3n2)cc1. The average molecular weight is 552 g/mol. The fraction of sp³-hybridized carbons (Fsp3) is 0.0667. The Kier molecular flexibility index (Phi) is 6.79. The van der Waals surface area contributed by atoms with Crippen LogP contribution in [0.3, 0.4) is 0 Å². The van der Waals surface area contributed by atoms with E-state index in [-0.39, 0.29) is 5.56 Å². The minimum absolute atomic E-state index is 0.224. The minimum atomic E-state index is -0.224. The Morgan fingerprint density at radius 1 is 0.949 bits per heavy atom.